The molecule has 3 nitrogen and oxygen atoms in total. The maximum Gasteiger partial charge on any atom is 0.133 e. The first-order valence-electron chi connectivity index (χ1n) is 10.1. The Bertz CT molecular complexity index is 531. The van der Waals surface area contributed by atoms with Crippen molar-refractivity contribution in [2.24, 2.45) is 40.4 Å². The van der Waals surface area contributed by atoms with Crippen LogP contribution < -0.4 is 0 Å². The van der Waals surface area contributed by atoms with Crippen molar-refractivity contribution in [3.05, 3.63) is 0 Å². The Balaban J connectivity index is 1.65. The lowest BCUT2D eigenvalue weighted by Gasteiger charge is -2.62. The Morgan fingerprint density at radius 2 is 1.54 bits per heavy atom. The van der Waals surface area contributed by atoms with Gasteiger partial charge in [0.1, 0.15) is 5.78 Å². The first kappa shape index (κ1) is 17.0. The number of hydrogen-bond donors (Lipinski definition) is 2. The lowest BCUT2D eigenvalue weighted by Crippen LogP contribution is -2.58. The van der Waals surface area contributed by atoms with Gasteiger partial charge >= 0.3 is 0 Å². The highest BCUT2D eigenvalue weighted by Gasteiger charge is 2.62. The van der Waals surface area contributed by atoms with E-state index in [1.807, 2.05) is 0 Å². The van der Waals surface area contributed by atoms with E-state index >= 15 is 0 Å². The van der Waals surface area contributed by atoms with Crippen molar-refractivity contribution in [2.45, 2.75) is 84.3 Å². The molecule has 0 aromatic carbocycles. The molecule has 0 spiro atoms. The van der Waals surface area contributed by atoms with E-state index < -0.39 is 0 Å². The van der Waals surface area contributed by atoms with Gasteiger partial charge in [-0.3, -0.25) is 4.79 Å². The van der Waals surface area contributed by atoms with Crippen molar-refractivity contribution in [3.63, 3.8) is 0 Å². The van der Waals surface area contributed by atoms with Crippen molar-refractivity contribution in [1.82, 2.24) is 0 Å². The fourth-order valence-corrected chi connectivity index (χ4v) is 7.95. The topological polar surface area (TPSA) is 57.5 Å². The van der Waals surface area contributed by atoms with Crippen molar-refractivity contribution in [3.8, 4) is 0 Å². The lowest BCUT2D eigenvalue weighted by atomic mass is 9.44. The molecule has 0 bridgehead atoms. The van der Waals surface area contributed by atoms with Gasteiger partial charge in [0.15, 0.2) is 0 Å². The molecule has 0 unspecified atom stereocenters. The molecule has 0 aromatic rings. The predicted octanol–water partition coefficient (Wildman–Crippen LogP) is 3.57. The highest BCUT2D eigenvalue weighted by molar-refractivity contribution is 5.79. The van der Waals surface area contributed by atoms with Crippen LogP contribution in [-0.2, 0) is 4.79 Å². The summed E-state index contributed by atoms with van der Waals surface area (Å²) >= 11 is 0. The number of hydrogen-bond acceptors (Lipinski definition) is 3. The molecule has 0 saturated heterocycles. The van der Waals surface area contributed by atoms with Gasteiger partial charge in [0.25, 0.3) is 0 Å². The van der Waals surface area contributed by atoms with Crippen LogP contribution in [0.25, 0.3) is 0 Å². The quantitative estimate of drug-likeness (QED) is 0.771. The maximum atomic E-state index is 12.2. The van der Waals surface area contributed by atoms with Crippen LogP contribution in [0.15, 0.2) is 0 Å². The van der Waals surface area contributed by atoms with Crippen LogP contribution in [0, 0.1) is 40.4 Å². The summed E-state index contributed by atoms with van der Waals surface area (Å²) in [7, 11) is 0. The van der Waals surface area contributed by atoms with Crippen LogP contribution in [-0.4, -0.2) is 28.2 Å². The standard InChI is InChI=1S/C21H34O3/c1-12(22)15-4-5-16-14-11-19(24)18-10-13(23)6-8-21(18,3)17(14)7-9-20(15,16)2/h13-19,23-24H,4-11H2,1-3H3/t13-,14+,15-,16-,17-,18+,19+,20-,21-/m1/s1. The molecule has 4 saturated carbocycles. The van der Waals surface area contributed by atoms with Gasteiger partial charge in [-0.2, -0.15) is 0 Å². The van der Waals surface area contributed by atoms with E-state index in [0.717, 1.165) is 38.5 Å². The Labute approximate surface area is 146 Å². The zero-order valence-electron chi connectivity index (χ0n) is 15.5. The predicted molar refractivity (Wildman–Crippen MR) is 93.3 cm³/mol. The van der Waals surface area contributed by atoms with E-state index in [1.54, 1.807) is 6.92 Å². The number of aliphatic hydroxyl groups excluding tert-OH is 2. The molecular formula is C21H34O3. The van der Waals surface area contributed by atoms with E-state index in [0.29, 0.717) is 23.5 Å². The normalized spacial score (nSPS) is 57.0. The fraction of sp³-hybridized carbons (Fsp3) is 0.952. The number of rotatable bonds is 1. The second kappa shape index (κ2) is 5.54. The Morgan fingerprint density at radius 3 is 2.25 bits per heavy atom. The first-order chi connectivity index (χ1) is 11.3. The van der Waals surface area contributed by atoms with Gasteiger partial charge in [-0.15, -0.1) is 0 Å². The molecule has 24 heavy (non-hydrogen) atoms. The number of carbonyl (C=O) groups excluding carboxylic acids is 1. The minimum absolute atomic E-state index is 0.157. The summed E-state index contributed by atoms with van der Waals surface area (Å²) in [5, 5.41) is 21.0. The minimum atomic E-state index is -0.273. The van der Waals surface area contributed by atoms with Crippen LogP contribution in [0.3, 0.4) is 0 Å². The van der Waals surface area contributed by atoms with Crippen LogP contribution >= 0.6 is 0 Å². The Morgan fingerprint density at radius 1 is 0.875 bits per heavy atom. The number of carbonyl (C=O) groups is 1. The molecule has 0 amide bonds. The first-order valence-corrected chi connectivity index (χ1v) is 10.1. The summed E-state index contributed by atoms with van der Waals surface area (Å²) in [6.07, 6.45) is 7.70. The van der Waals surface area contributed by atoms with Gasteiger partial charge in [0.2, 0.25) is 0 Å². The van der Waals surface area contributed by atoms with Crippen LogP contribution in [0.4, 0.5) is 0 Å². The highest BCUT2D eigenvalue weighted by Crippen LogP contribution is 2.67. The third-order valence-corrected chi connectivity index (χ3v) is 9.14. The monoisotopic (exact) mass is 334 g/mol. The zero-order valence-corrected chi connectivity index (χ0v) is 15.5. The number of aliphatic hydroxyl groups is 2. The second-order valence-electron chi connectivity index (χ2n) is 10.0. The average molecular weight is 335 g/mol. The molecule has 4 rings (SSSR count). The maximum absolute atomic E-state index is 12.2. The Hall–Kier alpha value is -0.410. The molecule has 4 aliphatic carbocycles. The third kappa shape index (κ3) is 2.19. The molecule has 0 heterocycles. The SMILES string of the molecule is CC(=O)[C@H]1CC[C@@H]2[C@@H]3C[C@H](O)[C@@H]4C[C@H](O)CC[C@]4(C)[C@@H]3CC[C@]12C. The summed E-state index contributed by atoms with van der Waals surface area (Å²) < 4.78 is 0. The molecular weight excluding hydrogens is 300 g/mol. The molecule has 4 aliphatic rings. The highest BCUT2D eigenvalue weighted by atomic mass is 16.3. The van der Waals surface area contributed by atoms with E-state index in [2.05, 4.69) is 13.8 Å². The largest absolute Gasteiger partial charge is 0.393 e. The van der Waals surface area contributed by atoms with Crippen LogP contribution in [0.1, 0.15) is 72.1 Å². The van der Waals surface area contributed by atoms with Crippen LogP contribution in [0.2, 0.25) is 0 Å². The fourth-order valence-electron chi connectivity index (χ4n) is 7.95. The molecule has 136 valence electrons. The van der Waals surface area contributed by atoms with Crippen molar-refractivity contribution in [2.75, 3.05) is 0 Å². The smallest absolute Gasteiger partial charge is 0.133 e. The summed E-state index contributed by atoms with van der Waals surface area (Å²) in [6.45, 7) is 6.53. The molecule has 2 N–H and O–H groups in total. The number of ketones is 1. The molecule has 4 fully saturated rings. The minimum Gasteiger partial charge on any atom is -0.393 e. The van der Waals surface area contributed by atoms with Crippen LogP contribution in [0.5, 0.6) is 0 Å². The van der Waals surface area contributed by atoms with E-state index in [-0.39, 0.29) is 34.9 Å². The summed E-state index contributed by atoms with van der Waals surface area (Å²) in [5.41, 5.74) is 0.335. The van der Waals surface area contributed by atoms with Gasteiger partial charge < -0.3 is 10.2 Å². The molecule has 0 aliphatic heterocycles. The molecule has 9 atom stereocenters. The summed E-state index contributed by atoms with van der Waals surface area (Å²) in [5.74, 6) is 2.71. The summed E-state index contributed by atoms with van der Waals surface area (Å²) in [4.78, 5) is 12.2. The average Bonchev–Trinajstić information content (AvgIpc) is 2.87. The van der Waals surface area contributed by atoms with Crippen molar-refractivity contribution in [1.29, 1.82) is 0 Å². The second-order valence-corrected chi connectivity index (χ2v) is 10.0. The number of Topliss-reactive ketones (excluding diaryl/α,β-unsaturated/α-hetero) is 1. The van der Waals surface area contributed by atoms with Gasteiger partial charge in [-0.05, 0) is 92.8 Å². The lowest BCUT2D eigenvalue weighted by molar-refractivity contribution is -0.171. The van der Waals surface area contributed by atoms with Crippen molar-refractivity contribution < 1.29 is 15.0 Å². The zero-order chi connectivity index (χ0) is 17.3. The van der Waals surface area contributed by atoms with E-state index in [9.17, 15) is 15.0 Å². The molecule has 0 radical (unpaired) electrons. The van der Waals surface area contributed by atoms with Gasteiger partial charge in [-0.25, -0.2) is 0 Å². The van der Waals surface area contributed by atoms with Gasteiger partial charge in [0, 0.05) is 5.92 Å². The van der Waals surface area contributed by atoms with E-state index in [1.165, 1.54) is 12.8 Å². The Kier molecular flexibility index (Phi) is 3.93. The van der Waals surface area contributed by atoms with Gasteiger partial charge in [0.05, 0.1) is 12.2 Å². The molecule has 3 heteroatoms. The number of fused-ring (bicyclic) bond motifs is 5. The van der Waals surface area contributed by atoms with Gasteiger partial charge in [-0.1, -0.05) is 13.8 Å². The summed E-state index contributed by atoms with van der Waals surface area (Å²) in [6, 6.07) is 0. The molecule has 0 aromatic heterocycles. The van der Waals surface area contributed by atoms with Crippen molar-refractivity contribution >= 4 is 5.78 Å². The third-order valence-electron chi connectivity index (χ3n) is 9.14. The van der Waals surface area contributed by atoms with E-state index in [4.69, 9.17) is 0 Å².